The normalized spacial score (nSPS) is 17.9. The van der Waals surface area contributed by atoms with Crippen LogP contribution in [-0.4, -0.2) is 54.8 Å². The van der Waals surface area contributed by atoms with E-state index in [-0.39, 0.29) is 25.6 Å². The minimum absolute atomic E-state index is 0.176. The average Bonchev–Trinajstić information content (AvgIpc) is 3.79. The summed E-state index contributed by atoms with van der Waals surface area (Å²) in [5, 5.41) is 1.08. The maximum absolute atomic E-state index is 12.5. The molecule has 9 rings (SSSR count). The zero-order valence-electron chi connectivity index (χ0n) is 40.9. The molecule has 368 valence electrons. The second kappa shape index (κ2) is 26.0. The molecule has 0 saturated carbocycles. The van der Waals surface area contributed by atoms with E-state index >= 15 is 0 Å². The minimum Gasteiger partial charge on any atom is -0.463 e. The summed E-state index contributed by atoms with van der Waals surface area (Å²) in [4.78, 5) is 12.5. The van der Waals surface area contributed by atoms with Gasteiger partial charge in [-0.2, -0.15) is 0 Å². The number of esters is 1. The SMILES string of the molecule is Cc1cccc2c([C@@H]3O[C@H](COCc4ccccc4)[C@@H](OCc4ccccc4)[C@H](OCc4ccccc4)[C@H]3OCc3ccccc3)cn(Cc3ccc(/C=C/CC(=O)OCCOCc4ccccc4)cc3)c12. The lowest BCUT2D eigenvalue weighted by Crippen LogP contribution is -2.58. The summed E-state index contributed by atoms with van der Waals surface area (Å²) in [6, 6.07) is 65.7. The number of carbonyl (C=O) groups is 1. The van der Waals surface area contributed by atoms with Crippen molar-refractivity contribution in [3.05, 3.63) is 256 Å². The molecule has 0 aliphatic carbocycles. The number of carbonyl (C=O) groups excluding carboxylic acids is 1. The highest BCUT2D eigenvalue weighted by molar-refractivity contribution is 5.87. The van der Waals surface area contributed by atoms with Gasteiger partial charge in [-0.3, -0.25) is 4.79 Å². The smallest absolute Gasteiger partial charge is 0.309 e. The van der Waals surface area contributed by atoms with Crippen LogP contribution in [0.15, 0.2) is 206 Å². The maximum Gasteiger partial charge on any atom is 0.309 e. The van der Waals surface area contributed by atoms with Crippen molar-refractivity contribution in [2.75, 3.05) is 19.8 Å². The molecule has 2 heterocycles. The average molecular weight is 962 g/mol. The monoisotopic (exact) mass is 961 g/mol. The van der Waals surface area contributed by atoms with E-state index in [4.69, 9.17) is 33.2 Å². The Hall–Kier alpha value is -6.95. The van der Waals surface area contributed by atoms with Gasteiger partial charge in [-0.15, -0.1) is 0 Å². The molecular weight excluding hydrogens is 899 g/mol. The Labute approximate surface area is 423 Å². The third kappa shape index (κ3) is 13.9. The molecule has 1 saturated heterocycles. The van der Waals surface area contributed by atoms with E-state index in [2.05, 4.69) is 109 Å². The molecule has 8 aromatic rings. The van der Waals surface area contributed by atoms with Crippen LogP contribution in [0.3, 0.4) is 0 Å². The number of hydrogen-bond acceptors (Lipinski definition) is 8. The molecule has 72 heavy (non-hydrogen) atoms. The molecule has 1 aliphatic rings. The quantitative estimate of drug-likeness (QED) is 0.0437. The van der Waals surface area contributed by atoms with Crippen molar-refractivity contribution < 1.29 is 38.0 Å². The molecule has 9 heteroatoms. The van der Waals surface area contributed by atoms with E-state index in [1.807, 2.05) is 115 Å². The van der Waals surface area contributed by atoms with Crippen LogP contribution in [0.4, 0.5) is 0 Å². The summed E-state index contributed by atoms with van der Waals surface area (Å²) in [5.74, 6) is -0.290. The number of aryl methyl sites for hydroxylation is 1. The highest BCUT2D eigenvalue weighted by Gasteiger charge is 2.49. The number of aromatic nitrogens is 1. The highest BCUT2D eigenvalue weighted by Crippen LogP contribution is 2.42. The van der Waals surface area contributed by atoms with Crippen LogP contribution in [0.25, 0.3) is 17.0 Å². The van der Waals surface area contributed by atoms with Crippen molar-refractivity contribution in [3.8, 4) is 0 Å². The highest BCUT2D eigenvalue weighted by atomic mass is 16.6. The summed E-state index contributed by atoms with van der Waals surface area (Å²) in [6.07, 6.45) is 3.40. The van der Waals surface area contributed by atoms with E-state index < -0.39 is 30.5 Å². The molecule has 0 spiro atoms. The van der Waals surface area contributed by atoms with Crippen molar-refractivity contribution in [3.63, 3.8) is 0 Å². The predicted molar refractivity (Wildman–Crippen MR) is 282 cm³/mol. The van der Waals surface area contributed by atoms with E-state index in [0.29, 0.717) is 46.2 Å². The van der Waals surface area contributed by atoms with E-state index in [1.165, 1.54) is 0 Å². The van der Waals surface area contributed by atoms with Crippen LogP contribution in [-0.2, 0) is 77.5 Å². The molecule has 1 aromatic heterocycles. The third-order valence-electron chi connectivity index (χ3n) is 12.9. The summed E-state index contributed by atoms with van der Waals surface area (Å²) in [7, 11) is 0. The minimum atomic E-state index is -0.587. The molecule has 0 unspecified atom stereocenters. The topological polar surface area (TPSA) is 86.6 Å². The molecule has 0 amide bonds. The van der Waals surface area contributed by atoms with Crippen molar-refractivity contribution in [1.29, 1.82) is 0 Å². The number of benzene rings is 7. The summed E-state index contributed by atoms with van der Waals surface area (Å²) < 4.78 is 48.5. The largest absolute Gasteiger partial charge is 0.463 e. The molecule has 0 bridgehead atoms. The molecule has 0 radical (unpaired) electrons. The van der Waals surface area contributed by atoms with Gasteiger partial charge in [0.25, 0.3) is 0 Å². The van der Waals surface area contributed by atoms with Crippen molar-refractivity contribution in [2.24, 2.45) is 0 Å². The molecule has 0 N–H and O–H groups in total. The van der Waals surface area contributed by atoms with Crippen molar-refractivity contribution in [1.82, 2.24) is 4.57 Å². The lowest BCUT2D eigenvalue weighted by Gasteiger charge is -2.46. The van der Waals surface area contributed by atoms with Gasteiger partial charge >= 0.3 is 5.97 Å². The Morgan fingerprint density at radius 1 is 0.528 bits per heavy atom. The third-order valence-corrected chi connectivity index (χ3v) is 12.9. The lowest BCUT2D eigenvalue weighted by molar-refractivity contribution is -0.274. The van der Waals surface area contributed by atoms with Crippen LogP contribution in [0.1, 0.15) is 62.6 Å². The van der Waals surface area contributed by atoms with Crippen LogP contribution in [0.2, 0.25) is 0 Å². The molecule has 9 nitrogen and oxygen atoms in total. The van der Waals surface area contributed by atoms with Gasteiger partial charge in [0, 0.05) is 23.7 Å². The van der Waals surface area contributed by atoms with Crippen LogP contribution in [0, 0.1) is 6.92 Å². The fourth-order valence-electron chi connectivity index (χ4n) is 9.23. The fraction of sp³-hybridized carbons (Fsp3) is 0.254. The summed E-state index contributed by atoms with van der Waals surface area (Å²) in [6.45, 7) is 5.57. The number of hydrogen-bond donors (Lipinski definition) is 0. The lowest BCUT2D eigenvalue weighted by atomic mass is 9.90. The number of rotatable bonds is 24. The van der Waals surface area contributed by atoms with Crippen LogP contribution >= 0.6 is 0 Å². The Balaban J connectivity index is 0.981. The van der Waals surface area contributed by atoms with E-state index in [9.17, 15) is 4.79 Å². The summed E-state index contributed by atoms with van der Waals surface area (Å²) >= 11 is 0. The van der Waals surface area contributed by atoms with Gasteiger partial charge in [-0.25, -0.2) is 0 Å². The van der Waals surface area contributed by atoms with Gasteiger partial charge in [0.15, 0.2) is 0 Å². The maximum atomic E-state index is 12.5. The number of para-hydroxylation sites is 1. The Kier molecular flexibility index (Phi) is 18.0. The van der Waals surface area contributed by atoms with Crippen molar-refractivity contribution >= 4 is 22.9 Å². The first kappa shape index (κ1) is 50.0. The van der Waals surface area contributed by atoms with E-state index in [0.717, 1.165) is 61.0 Å². The van der Waals surface area contributed by atoms with Gasteiger partial charge < -0.3 is 37.7 Å². The number of ether oxygens (including phenoxy) is 7. The van der Waals surface area contributed by atoms with E-state index in [1.54, 1.807) is 0 Å². The zero-order valence-corrected chi connectivity index (χ0v) is 40.9. The Morgan fingerprint density at radius 2 is 1.04 bits per heavy atom. The van der Waals surface area contributed by atoms with Gasteiger partial charge in [0.2, 0.25) is 0 Å². The first-order valence-electron chi connectivity index (χ1n) is 24.9. The van der Waals surface area contributed by atoms with Crippen LogP contribution in [0.5, 0.6) is 0 Å². The molecule has 1 fully saturated rings. The Bertz CT molecular complexity index is 2890. The Morgan fingerprint density at radius 3 is 1.61 bits per heavy atom. The van der Waals surface area contributed by atoms with Crippen LogP contribution < -0.4 is 0 Å². The van der Waals surface area contributed by atoms with Gasteiger partial charge in [-0.1, -0.05) is 206 Å². The second-order valence-corrected chi connectivity index (χ2v) is 18.2. The molecule has 7 aromatic carbocycles. The number of nitrogens with zero attached hydrogens (tertiary/aromatic N) is 1. The van der Waals surface area contributed by atoms with Gasteiger partial charge in [0.05, 0.1) is 58.2 Å². The fourth-order valence-corrected chi connectivity index (χ4v) is 9.23. The predicted octanol–water partition coefficient (Wildman–Crippen LogP) is 12.6. The summed E-state index contributed by atoms with van der Waals surface area (Å²) in [5.41, 5.74) is 10.7. The molecule has 1 aliphatic heterocycles. The zero-order chi connectivity index (χ0) is 49.2. The standard InChI is InChI=1S/C63H63NO8/c1-47-19-17-31-55-56(40-64(59(47)55)39-49-35-33-48(34-36-49)30-18-32-58(65)68-38-37-66-41-50-20-7-2-8-21-50)60-62(70-44-53-26-13-5-14-27-53)63(71-45-54-28-15-6-16-29-54)61(69-43-52-24-11-4-12-25-52)57(72-60)46-67-42-51-22-9-3-10-23-51/h2-31,33-36,40,57,60-63H,32,37-39,41-46H2,1H3/b30-18+/t57-,60+,61-,62+,63+/m1/s1. The first-order valence-corrected chi connectivity index (χ1v) is 24.9. The second-order valence-electron chi connectivity index (χ2n) is 18.2. The number of fused-ring (bicyclic) bond motifs is 1. The first-order chi connectivity index (χ1) is 35.5. The van der Waals surface area contributed by atoms with Gasteiger partial charge in [0.1, 0.15) is 37.1 Å². The molecular formula is C63H63NO8. The van der Waals surface area contributed by atoms with Gasteiger partial charge in [-0.05, 0) is 51.4 Å². The molecule has 5 atom stereocenters. The van der Waals surface area contributed by atoms with Crippen molar-refractivity contribution in [2.45, 2.75) is 83.4 Å².